The average molecular weight is 713 g/mol. The molecule has 4 aromatic rings. The van der Waals surface area contributed by atoms with Crippen molar-refractivity contribution in [2.24, 2.45) is 4.99 Å². The van der Waals surface area contributed by atoms with Crippen molar-refractivity contribution in [2.45, 2.75) is 31.0 Å². The molecule has 2 N–H and O–H groups in total. The Bertz CT molecular complexity index is 1560. The highest BCUT2D eigenvalue weighted by molar-refractivity contribution is 9.10. The van der Waals surface area contributed by atoms with Crippen LogP contribution in [0.1, 0.15) is 34.8 Å². The molecule has 1 amide bonds. The molecule has 42 heavy (non-hydrogen) atoms. The normalized spacial score (nSPS) is 17.8. The van der Waals surface area contributed by atoms with E-state index in [4.69, 9.17) is 31.2 Å². The van der Waals surface area contributed by atoms with Gasteiger partial charge in [0.15, 0.2) is 11.6 Å². The molecule has 0 radical (unpaired) electrons. The van der Waals surface area contributed by atoms with E-state index in [1.165, 1.54) is 0 Å². The van der Waals surface area contributed by atoms with Crippen LogP contribution in [0.2, 0.25) is 5.02 Å². The quantitative estimate of drug-likeness (QED) is 0.159. The molecule has 0 fully saturated rings. The van der Waals surface area contributed by atoms with Gasteiger partial charge in [0.2, 0.25) is 5.90 Å². The summed E-state index contributed by atoms with van der Waals surface area (Å²) in [6.45, 7) is 0.773. The lowest BCUT2D eigenvalue weighted by atomic mass is 9.82. The number of ether oxygens (including phenoxy) is 2. The molecule has 5 rings (SSSR count). The molecule has 0 saturated carbocycles. The number of hydrogen-bond acceptors (Lipinski definition) is 5. The summed E-state index contributed by atoms with van der Waals surface area (Å²) in [4.78, 5) is 19.5. The van der Waals surface area contributed by atoms with Gasteiger partial charge >= 0.3 is 0 Å². The minimum Gasteiger partial charge on any atom is -0.494 e. The Morgan fingerprint density at radius 1 is 1.00 bits per heavy atom. The van der Waals surface area contributed by atoms with Crippen LogP contribution in [-0.4, -0.2) is 35.7 Å². The van der Waals surface area contributed by atoms with Crippen LogP contribution in [0.5, 0.6) is 5.75 Å². The fourth-order valence-electron chi connectivity index (χ4n) is 4.83. The highest BCUT2D eigenvalue weighted by Crippen LogP contribution is 2.43. The Morgan fingerprint density at radius 2 is 1.76 bits per heavy atom. The van der Waals surface area contributed by atoms with Crippen LogP contribution in [0.3, 0.4) is 0 Å². The lowest BCUT2D eigenvalue weighted by Crippen LogP contribution is -2.49. The van der Waals surface area contributed by atoms with Gasteiger partial charge in [-0.3, -0.25) is 4.79 Å². The van der Waals surface area contributed by atoms with Gasteiger partial charge in [0.25, 0.3) is 5.91 Å². The zero-order valence-electron chi connectivity index (χ0n) is 22.6. The van der Waals surface area contributed by atoms with Crippen LogP contribution in [0, 0.1) is 0 Å². The van der Waals surface area contributed by atoms with Crippen molar-refractivity contribution in [3.63, 3.8) is 0 Å². The molecule has 216 valence electrons. The number of carbonyl (C=O) groups is 1. The lowest BCUT2D eigenvalue weighted by Gasteiger charge is -2.31. The van der Waals surface area contributed by atoms with Gasteiger partial charge in [0.05, 0.1) is 6.61 Å². The van der Waals surface area contributed by atoms with E-state index in [9.17, 15) is 4.79 Å². The molecule has 1 heterocycles. The molecule has 6 nitrogen and oxygen atoms in total. The maximum atomic E-state index is 14.4. The summed E-state index contributed by atoms with van der Waals surface area (Å²) in [6, 6.07) is 30.4. The molecule has 0 unspecified atom stereocenters. The SMILES string of the molecule is O=C(NCc1cccc(Cl)c1)[C@]1(Cc2ccccc2Br)N=C(c2ccc(OCCCO)cc2)O[C@@H]1c1ccc(Br)cc1. The highest BCUT2D eigenvalue weighted by atomic mass is 79.9. The molecular formula is C33H29Br2ClN2O4. The van der Waals surface area contributed by atoms with Crippen LogP contribution >= 0.6 is 43.5 Å². The fourth-order valence-corrected chi connectivity index (χ4v) is 5.74. The number of hydrogen-bond donors (Lipinski definition) is 2. The van der Waals surface area contributed by atoms with Gasteiger partial charge < -0.3 is 19.9 Å². The Kier molecular flexibility index (Phi) is 10.0. The summed E-state index contributed by atoms with van der Waals surface area (Å²) < 4.78 is 14.1. The van der Waals surface area contributed by atoms with E-state index in [1.807, 2.05) is 91.0 Å². The summed E-state index contributed by atoms with van der Waals surface area (Å²) >= 11 is 13.4. The monoisotopic (exact) mass is 710 g/mol. The average Bonchev–Trinajstić information content (AvgIpc) is 3.38. The van der Waals surface area contributed by atoms with Crippen molar-refractivity contribution in [3.8, 4) is 5.75 Å². The summed E-state index contributed by atoms with van der Waals surface area (Å²) in [5, 5.41) is 12.8. The second kappa shape index (κ2) is 13.9. The van der Waals surface area contributed by atoms with Gasteiger partial charge in [0.1, 0.15) is 5.75 Å². The first-order chi connectivity index (χ1) is 20.4. The third-order valence-corrected chi connectivity index (χ3v) is 8.50. The topological polar surface area (TPSA) is 80.2 Å². The number of benzene rings is 4. The van der Waals surface area contributed by atoms with E-state index in [2.05, 4.69) is 37.2 Å². The van der Waals surface area contributed by atoms with Crippen molar-refractivity contribution in [3.05, 3.63) is 133 Å². The molecule has 0 spiro atoms. The van der Waals surface area contributed by atoms with E-state index in [0.717, 1.165) is 31.2 Å². The standard InChI is InChI=1S/C33H29Br2ClN2O4/c34-26-13-9-23(10-14-26)30-33(20-25-6-1-2-8-29(25)35,32(40)37-21-22-5-3-7-27(36)19-22)38-31(42-30)24-11-15-28(16-12-24)41-18-4-17-39/h1-3,5-16,19,30,39H,4,17-18,20-21H2,(H,37,40)/t30-,33-/m1/s1. The molecule has 2 atom stereocenters. The van der Waals surface area contributed by atoms with Gasteiger partial charge in [-0.1, -0.05) is 85.9 Å². The molecule has 1 aliphatic heterocycles. The highest BCUT2D eigenvalue weighted by Gasteiger charge is 2.53. The van der Waals surface area contributed by atoms with E-state index in [1.54, 1.807) is 6.07 Å². The minimum absolute atomic E-state index is 0.0686. The number of carbonyl (C=O) groups excluding carboxylic acids is 1. The van der Waals surface area contributed by atoms with E-state index >= 15 is 0 Å². The number of aliphatic hydroxyl groups excluding tert-OH is 1. The minimum atomic E-state index is -1.32. The van der Waals surface area contributed by atoms with Crippen molar-refractivity contribution in [2.75, 3.05) is 13.2 Å². The Morgan fingerprint density at radius 3 is 2.48 bits per heavy atom. The van der Waals surface area contributed by atoms with Crippen molar-refractivity contribution in [1.29, 1.82) is 0 Å². The summed E-state index contributed by atoms with van der Waals surface area (Å²) in [5.74, 6) is 0.786. The first-order valence-electron chi connectivity index (χ1n) is 13.5. The molecule has 4 aromatic carbocycles. The number of halogens is 3. The predicted molar refractivity (Wildman–Crippen MR) is 172 cm³/mol. The van der Waals surface area contributed by atoms with Gasteiger partial charge in [0, 0.05) is 45.5 Å². The van der Waals surface area contributed by atoms with Crippen molar-refractivity contribution in [1.82, 2.24) is 5.32 Å². The number of nitrogens with one attached hydrogen (secondary N) is 1. The fraction of sp³-hybridized carbons (Fsp3) is 0.212. The van der Waals surface area contributed by atoms with Crippen molar-refractivity contribution < 1.29 is 19.4 Å². The van der Waals surface area contributed by atoms with Gasteiger partial charge in [-0.25, -0.2) is 4.99 Å². The second-order valence-corrected chi connectivity index (χ2v) is 12.1. The van der Waals surface area contributed by atoms with E-state index in [0.29, 0.717) is 36.1 Å². The number of aliphatic imine (C=N–C) groups is 1. The second-order valence-electron chi connectivity index (χ2n) is 9.92. The number of amides is 1. The molecule has 9 heteroatoms. The Balaban J connectivity index is 1.56. The molecule has 0 saturated heterocycles. The van der Waals surface area contributed by atoms with Crippen LogP contribution in [0.15, 0.2) is 111 Å². The maximum Gasteiger partial charge on any atom is 0.252 e. The first-order valence-corrected chi connectivity index (χ1v) is 15.5. The summed E-state index contributed by atoms with van der Waals surface area (Å²) in [5.41, 5.74) is 2.04. The first kappa shape index (κ1) is 30.3. The molecule has 0 bridgehead atoms. The predicted octanol–water partition coefficient (Wildman–Crippen LogP) is 7.44. The zero-order valence-corrected chi connectivity index (χ0v) is 26.5. The van der Waals surface area contributed by atoms with Crippen LogP contribution < -0.4 is 10.1 Å². The smallest absolute Gasteiger partial charge is 0.252 e. The molecule has 0 aliphatic carbocycles. The molecular weight excluding hydrogens is 684 g/mol. The van der Waals surface area contributed by atoms with Crippen LogP contribution in [0.25, 0.3) is 0 Å². The van der Waals surface area contributed by atoms with E-state index < -0.39 is 11.6 Å². The lowest BCUT2D eigenvalue weighted by molar-refractivity contribution is -0.129. The van der Waals surface area contributed by atoms with Gasteiger partial charge in [-0.15, -0.1) is 0 Å². The number of aliphatic hydroxyl groups is 1. The largest absolute Gasteiger partial charge is 0.494 e. The Hall–Kier alpha value is -3.17. The van der Waals surface area contributed by atoms with Crippen LogP contribution in [0.4, 0.5) is 0 Å². The summed E-state index contributed by atoms with van der Waals surface area (Å²) in [6.07, 6.45) is 0.143. The zero-order chi connectivity index (χ0) is 29.5. The van der Waals surface area contributed by atoms with Crippen LogP contribution in [-0.2, 0) is 22.5 Å². The van der Waals surface area contributed by atoms with Gasteiger partial charge in [-0.05, 0) is 71.3 Å². The number of rotatable bonds is 11. The van der Waals surface area contributed by atoms with Crippen molar-refractivity contribution >= 4 is 55.3 Å². The molecule has 0 aromatic heterocycles. The third-order valence-electron chi connectivity index (χ3n) is 6.96. The Labute approximate surface area is 267 Å². The maximum absolute atomic E-state index is 14.4. The third kappa shape index (κ3) is 7.06. The van der Waals surface area contributed by atoms with E-state index in [-0.39, 0.29) is 19.1 Å². The molecule has 1 aliphatic rings. The van der Waals surface area contributed by atoms with Gasteiger partial charge in [-0.2, -0.15) is 0 Å². The number of nitrogens with zero attached hydrogens (tertiary/aromatic N) is 1. The summed E-state index contributed by atoms with van der Waals surface area (Å²) in [7, 11) is 0.